The van der Waals surface area contributed by atoms with Crippen LogP contribution in [-0.2, 0) is 4.79 Å². The van der Waals surface area contributed by atoms with Crippen molar-refractivity contribution in [2.24, 2.45) is 0 Å². The molecule has 3 rings (SSSR count). The maximum absolute atomic E-state index is 12.3. The van der Waals surface area contributed by atoms with Crippen LogP contribution in [-0.4, -0.2) is 19.0 Å². The lowest BCUT2D eigenvalue weighted by molar-refractivity contribution is -0.119. The minimum Gasteiger partial charge on any atom is -0.306 e. The van der Waals surface area contributed by atoms with Crippen molar-refractivity contribution in [1.82, 2.24) is 5.32 Å². The lowest BCUT2D eigenvalue weighted by Gasteiger charge is -2.36. The van der Waals surface area contributed by atoms with Gasteiger partial charge in [0.15, 0.2) is 0 Å². The highest BCUT2D eigenvalue weighted by molar-refractivity contribution is 9.10. The summed E-state index contributed by atoms with van der Waals surface area (Å²) in [4.78, 5) is 14.2. The van der Waals surface area contributed by atoms with Gasteiger partial charge in [0, 0.05) is 16.7 Å². The van der Waals surface area contributed by atoms with Crippen molar-refractivity contribution in [2.75, 3.05) is 18.0 Å². The van der Waals surface area contributed by atoms with Gasteiger partial charge in [-0.1, -0.05) is 46.3 Å². The second kappa shape index (κ2) is 5.77. The number of halogens is 1. The molecule has 1 amide bonds. The molecule has 1 heterocycles. The highest BCUT2D eigenvalue weighted by atomic mass is 79.9. The van der Waals surface area contributed by atoms with Crippen molar-refractivity contribution in [3.05, 3.63) is 64.6 Å². The Kier molecular flexibility index (Phi) is 3.85. The molecule has 4 heteroatoms. The number of hydrogen-bond donors (Lipinski definition) is 1. The summed E-state index contributed by atoms with van der Waals surface area (Å²) in [6.07, 6.45) is 0. The number of para-hydroxylation sites is 1. The van der Waals surface area contributed by atoms with Gasteiger partial charge in [-0.3, -0.25) is 4.79 Å². The molecule has 1 unspecified atom stereocenters. The average Bonchev–Trinajstić information content (AvgIpc) is 2.48. The molecular formula is C16H15BrN2O. The Morgan fingerprint density at radius 1 is 1.10 bits per heavy atom. The van der Waals surface area contributed by atoms with E-state index in [0.717, 1.165) is 22.3 Å². The zero-order valence-corrected chi connectivity index (χ0v) is 12.5. The Balaban J connectivity index is 2.01. The third kappa shape index (κ3) is 2.62. The minimum absolute atomic E-state index is 0.0242. The average molecular weight is 331 g/mol. The van der Waals surface area contributed by atoms with Gasteiger partial charge in [-0.25, -0.2) is 0 Å². The number of amides is 1. The number of carbonyl (C=O) groups is 1. The molecule has 1 saturated heterocycles. The van der Waals surface area contributed by atoms with Gasteiger partial charge in [-0.05, 0) is 29.8 Å². The fraction of sp³-hybridized carbons (Fsp3) is 0.188. The van der Waals surface area contributed by atoms with E-state index in [2.05, 4.69) is 33.4 Å². The van der Waals surface area contributed by atoms with Crippen LogP contribution in [0.15, 0.2) is 59.1 Å². The van der Waals surface area contributed by atoms with Crippen molar-refractivity contribution in [1.29, 1.82) is 0 Å². The summed E-state index contributed by atoms with van der Waals surface area (Å²) >= 11 is 3.50. The van der Waals surface area contributed by atoms with E-state index in [0.29, 0.717) is 6.54 Å². The van der Waals surface area contributed by atoms with Gasteiger partial charge in [0.25, 0.3) is 0 Å². The minimum atomic E-state index is 0.0242. The monoisotopic (exact) mass is 330 g/mol. The molecule has 2 aromatic rings. The first-order chi connectivity index (χ1) is 9.75. The van der Waals surface area contributed by atoms with Crippen LogP contribution in [0, 0.1) is 0 Å². The summed E-state index contributed by atoms with van der Waals surface area (Å²) < 4.78 is 1.03. The lowest BCUT2D eigenvalue weighted by atomic mass is 10.0. The summed E-state index contributed by atoms with van der Waals surface area (Å²) in [6, 6.07) is 18.0. The number of nitrogens with zero attached hydrogens (tertiary/aromatic N) is 1. The molecule has 0 aliphatic carbocycles. The topological polar surface area (TPSA) is 32.3 Å². The Labute approximate surface area is 126 Å². The lowest BCUT2D eigenvalue weighted by Crippen LogP contribution is -2.50. The Bertz CT molecular complexity index is 615. The van der Waals surface area contributed by atoms with Crippen LogP contribution in [0.2, 0.25) is 0 Å². The Morgan fingerprint density at radius 3 is 2.65 bits per heavy atom. The molecule has 102 valence electrons. The summed E-state index contributed by atoms with van der Waals surface area (Å²) in [5.41, 5.74) is 2.08. The molecule has 1 aliphatic rings. The standard InChI is InChI=1S/C16H15BrN2O/c17-13-6-4-5-12(9-13)15-10-18-11-16(20)19(15)14-7-2-1-3-8-14/h1-9,15,18H,10-11H2. The van der Waals surface area contributed by atoms with Crippen LogP contribution in [0.3, 0.4) is 0 Å². The normalized spacial score (nSPS) is 19.1. The van der Waals surface area contributed by atoms with Crippen molar-refractivity contribution >= 4 is 27.5 Å². The van der Waals surface area contributed by atoms with Crippen molar-refractivity contribution in [3.63, 3.8) is 0 Å². The second-order valence-electron chi connectivity index (χ2n) is 4.80. The third-order valence-corrected chi connectivity index (χ3v) is 3.96. The summed E-state index contributed by atoms with van der Waals surface area (Å²) in [5.74, 6) is 0.104. The summed E-state index contributed by atoms with van der Waals surface area (Å²) in [7, 11) is 0. The van der Waals surface area contributed by atoms with Crippen molar-refractivity contribution in [2.45, 2.75) is 6.04 Å². The van der Waals surface area contributed by atoms with E-state index in [1.54, 1.807) is 0 Å². The predicted molar refractivity (Wildman–Crippen MR) is 83.7 cm³/mol. The van der Waals surface area contributed by atoms with E-state index in [9.17, 15) is 4.79 Å². The molecule has 2 aromatic carbocycles. The van der Waals surface area contributed by atoms with E-state index in [4.69, 9.17) is 0 Å². The zero-order chi connectivity index (χ0) is 13.9. The number of hydrogen-bond acceptors (Lipinski definition) is 2. The first-order valence-electron chi connectivity index (χ1n) is 6.59. The van der Waals surface area contributed by atoms with Gasteiger partial charge >= 0.3 is 0 Å². The second-order valence-corrected chi connectivity index (χ2v) is 5.72. The maximum Gasteiger partial charge on any atom is 0.241 e. The number of carbonyl (C=O) groups excluding carboxylic acids is 1. The maximum atomic E-state index is 12.3. The van der Waals surface area contributed by atoms with Crippen LogP contribution in [0.1, 0.15) is 11.6 Å². The van der Waals surface area contributed by atoms with Crippen LogP contribution >= 0.6 is 15.9 Å². The largest absolute Gasteiger partial charge is 0.306 e. The molecule has 0 spiro atoms. The fourth-order valence-electron chi connectivity index (χ4n) is 2.56. The van der Waals surface area contributed by atoms with Crippen LogP contribution in [0.25, 0.3) is 0 Å². The number of piperazine rings is 1. The molecule has 20 heavy (non-hydrogen) atoms. The summed E-state index contributed by atoms with van der Waals surface area (Å²) in [5, 5.41) is 3.20. The van der Waals surface area contributed by atoms with Gasteiger partial charge in [0.2, 0.25) is 5.91 Å². The fourth-order valence-corrected chi connectivity index (χ4v) is 2.98. The SMILES string of the molecule is O=C1CNCC(c2cccc(Br)c2)N1c1ccccc1. The molecule has 1 fully saturated rings. The molecule has 1 N–H and O–H groups in total. The van der Waals surface area contributed by atoms with Crippen LogP contribution in [0.5, 0.6) is 0 Å². The van der Waals surface area contributed by atoms with Gasteiger partial charge in [0.1, 0.15) is 0 Å². The highest BCUT2D eigenvalue weighted by Crippen LogP contribution is 2.30. The molecule has 0 aromatic heterocycles. The zero-order valence-electron chi connectivity index (χ0n) is 10.9. The first kappa shape index (κ1) is 13.3. The molecule has 1 aliphatic heterocycles. The number of nitrogens with one attached hydrogen (secondary N) is 1. The predicted octanol–water partition coefficient (Wildman–Crippen LogP) is 3.13. The van der Waals surface area contributed by atoms with E-state index in [1.807, 2.05) is 47.4 Å². The molecule has 0 radical (unpaired) electrons. The molecule has 0 saturated carbocycles. The van der Waals surface area contributed by atoms with Crippen molar-refractivity contribution < 1.29 is 4.79 Å². The molecule has 0 bridgehead atoms. The molecule has 3 nitrogen and oxygen atoms in total. The van der Waals surface area contributed by atoms with Crippen LogP contribution in [0.4, 0.5) is 5.69 Å². The summed E-state index contributed by atoms with van der Waals surface area (Å²) in [6.45, 7) is 1.15. The first-order valence-corrected chi connectivity index (χ1v) is 7.38. The van der Waals surface area contributed by atoms with E-state index < -0.39 is 0 Å². The van der Waals surface area contributed by atoms with Gasteiger partial charge in [-0.15, -0.1) is 0 Å². The quantitative estimate of drug-likeness (QED) is 0.917. The third-order valence-electron chi connectivity index (χ3n) is 3.46. The van der Waals surface area contributed by atoms with Crippen LogP contribution < -0.4 is 10.2 Å². The van der Waals surface area contributed by atoms with E-state index >= 15 is 0 Å². The number of benzene rings is 2. The number of anilines is 1. The Morgan fingerprint density at radius 2 is 1.90 bits per heavy atom. The smallest absolute Gasteiger partial charge is 0.241 e. The Hall–Kier alpha value is -1.65. The van der Waals surface area contributed by atoms with Gasteiger partial charge in [-0.2, -0.15) is 0 Å². The van der Waals surface area contributed by atoms with Gasteiger partial charge in [0.05, 0.1) is 12.6 Å². The van der Waals surface area contributed by atoms with E-state index in [-0.39, 0.29) is 11.9 Å². The molecular weight excluding hydrogens is 316 g/mol. The highest BCUT2D eigenvalue weighted by Gasteiger charge is 2.30. The van der Waals surface area contributed by atoms with E-state index in [1.165, 1.54) is 0 Å². The van der Waals surface area contributed by atoms with Crippen molar-refractivity contribution in [3.8, 4) is 0 Å². The van der Waals surface area contributed by atoms with Gasteiger partial charge < -0.3 is 10.2 Å². The number of rotatable bonds is 2. The molecule has 1 atom stereocenters.